The Balaban J connectivity index is -0.0000000629. The molecule has 0 atom stereocenters. The molecule has 186 valence electrons. The monoisotopic (exact) mass is 451 g/mol. The van der Waals surface area contributed by atoms with Crippen LogP contribution >= 0.6 is 0 Å². The van der Waals surface area contributed by atoms with Gasteiger partial charge >= 0.3 is 0 Å². The molecule has 0 radical (unpaired) electrons. The molecule has 0 aliphatic heterocycles. The van der Waals surface area contributed by atoms with E-state index in [0.29, 0.717) is 5.69 Å². The summed E-state index contributed by atoms with van der Waals surface area (Å²) in [4.78, 5) is 10.7. The molecule has 0 bridgehead atoms. The van der Waals surface area contributed by atoms with Gasteiger partial charge in [-0.15, -0.1) is 0 Å². The van der Waals surface area contributed by atoms with Crippen LogP contribution in [0.2, 0.25) is 0 Å². The van der Waals surface area contributed by atoms with Gasteiger partial charge in [0.1, 0.15) is 5.69 Å². The number of fused-ring (bicyclic) bond motifs is 1. The first kappa shape index (κ1) is 56.5. The van der Waals surface area contributed by atoms with Gasteiger partial charge in [0.15, 0.2) is 0 Å². The highest BCUT2D eigenvalue weighted by Crippen LogP contribution is 2.30. The normalized spacial score (nSPS) is 6.71. The zero-order valence-corrected chi connectivity index (χ0v) is 18.4. The largest absolute Gasteiger partial charge is 0.349 e. The van der Waals surface area contributed by atoms with Crippen LogP contribution in [-0.2, 0) is 0 Å². The predicted molar refractivity (Wildman–Crippen MR) is 136 cm³/mol. The van der Waals surface area contributed by atoms with E-state index in [1.54, 1.807) is 18.2 Å². The van der Waals surface area contributed by atoms with Crippen molar-refractivity contribution in [3.05, 3.63) is 76.8 Å². The van der Waals surface area contributed by atoms with E-state index in [4.69, 9.17) is 0 Å². The van der Waals surface area contributed by atoms with Gasteiger partial charge in [-0.3, -0.25) is 10.1 Å². The Morgan fingerprint density at radius 2 is 0.968 bits per heavy atom. The molecule has 0 saturated carbocycles. The molecular weight excluding hydrogens is 406 g/mol. The number of para-hydroxylation sites is 2. The summed E-state index contributed by atoms with van der Waals surface area (Å²) in [5.41, 5.74) is 1.42. The number of hydrogen-bond donors (Lipinski definition) is 12. The third-order valence-electron chi connectivity index (χ3n) is 3.16. The Morgan fingerprint density at radius 3 is 1.52 bits per heavy atom. The SMILES string of the molecule is N.N.N.N.N.N.N.N.N.N.N.O=[N+]([O-])c1ccccc1Nc1cccc2ccccc12. The van der Waals surface area contributed by atoms with Crippen molar-refractivity contribution in [2.75, 3.05) is 5.32 Å². The Bertz CT molecular complexity index is 800. The van der Waals surface area contributed by atoms with Gasteiger partial charge < -0.3 is 73.0 Å². The Morgan fingerprint density at radius 1 is 0.548 bits per heavy atom. The van der Waals surface area contributed by atoms with Crippen molar-refractivity contribution in [3.8, 4) is 0 Å². The Labute approximate surface area is 183 Å². The second kappa shape index (κ2) is 24.7. The third kappa shape index (κ3) is 12.1. The second-order valence-electron chi connectivity index (χ2n) is 4.43. The number of nitro groups is 1. The number of hydrogen-bond acceptors (Lipinski definition) is 14. The van der Waals surface area contributed by atoms with Gasteiger partial charge in [0.25, 0.3) is 5.69 Å². The van der Waals surface area contributed by atoms with Crippen LogP contribution in [0.25, 0.3) is 10.8 Å². The van der Waals surface area contributed by atoms with E-state index in [9.17, 15) is 10.1 Å². The lowest BCUT2D eigenvalue weighted by atomic mass is 10.1. The smallest absolute Gasteiger partial charge is 0.292 e. The number of rotatable bonds is 3. The first-order chi connectivity index (χ1) is 9.75. The number of nitro benzene ring substituents is 1. The average Bonchev–Trinajstić information content (AvgIpc) is 2.48. The first-order valence-electron chi connectivity index (χ1n) is 6.24. The van der Waals surface area contributed by atoms with Gasteiger partial charge in [-0.1, -0.05) is 48.5 Å². The van der Waals surface area contributed by atoms with Crippen LogP contribution in [0.15, 0.2) is 66.7 Å². The van der Waals surface area contributed by atoms with Crippen LogP contribution in [-0.4, -0.2) is 4.92 Å². The van der Waals surface area contributed by atoms with Crippen molar-refractivity contribution in [1.29, 1.82) is 0 Å². The van der Waals surface area contributed by atoms with Crippen molar-refractivity contribution in [1.82, 2.24) is 67.7 Å². The van der Waals surface area contributed by atoms with E-state index >= 15 is 0 Å². The van der Waals surface area contributed by atoms with Crippen molar-refractivity contribution >= 4 is 27.8 Å². The highest BCUT2D eigenvalue weighted by atomic mass is 16.6. The zero-order valence-electron chi connectivity index (χ0n) is 18.4. The van der Waals surface area contributed by atoms with Crippen molar-refractivity contribution in [2.45, 2.75) is 0 Å². The molecular formula is C16H45N13O2. The second-order valence-corrected chi connectivity index (χ2v) is 4.43. The molecule has 0 aromatic heterocycles. The fraction of sp³-hybridized carbons (Fsp3) is 0. The van der Waals surface area contributed by atoms with Gasteiger partial charge in [0.2, 0.25) is 0 Å². The minimum absolute atomic E-state index is 0. The van der Waals surface area contributed by atoms with Gasteiger partial charge in [0.05, 0.1) is 4.92 Å². The van der Waals surface area contributed by atoms with Crippen LogP contribution < -0.4 is 73.0 Å². The summed E-state index contributed by atoms with van der Waals surface area (Å²) >= 11 is 0. The summed E-state index contributed by atoms with van der Waals surface area (Å²) in [5, 5.41) is 16.3. The van der Waals surface area contributed by atoms with E-state index in [1.165, 1.54) is 6.07 Å². The molecule has 34 N–H and O–H groups in total. The topological polar surface area (TPSA) is 440 Å². The van der Waals surface area contributed by atoms with Crippen molar-refractivity contribution in [2.24, 2.45) is 0 Å². The molecule has 3 rings (SSSR count). The molecule has 0 unspecified atom stereocenters. The molecule has 0 saturated heterocycles. The molecule has 0 aliphatic rings. The van der Waals surface area contributed by atoms with Gasteiger partial charge in [-0.05, 0) is 17.5 Å². The standard InChI is InChI=1S/C16H12N2O2.11H3N/c19-18(20)16-11-4-3-9-15(16)17-14-10-5-7-12-6-1-2-8-13(12)14;;;;;;;;;;;/h1-11,17H;11*1H3. The molecule has 0 fully saturated rings. The summed E-state index contributed by atoms with van der Waals surface area (Å²) in [5.74, 6) is 0. The molecule has 0 spiro atoms. The molecule has 31 heavy (non-hydrogen) atoms. The van der Waals surface area contributed by atoms with Crippen LogP contribution in [0.5, 0.6) is 0 Å². The van der Waals surface area contributed by atoms with E-state index in [-0.39, 0.29) is 78.3 Å². The predicted octanol–water partition coefficient (Wildman–Crippen LogP) is 6.27. The van der Waals surface area contributed by atoms with Crippen molar-refractivity contribution < 1.29 is 4.92 Å². The number of nitrogens with zero attached hydrogens (tertiary/aromatic N) is 1. The highest BCUT2D eigenvalue weighted by molar-refractivity contribution is 5.95. The number of nitrogens with one attached hydrogen (secondary N) is 1. The average molecular weight is 452 g/mol. The lowest BCUT2D eigenvalue weighted by Crippen LogP contribution is -1.97. The van der Waals surface area contributed by atoms with Crippen LogP contribution in [0.3, 0.4) is 0 Å². The maximum Gasteiger partial charge on any atom is 0.292 e. The molecule has 3 aromatic rings. The summed E-state index contributed by atoms with van der Waals surface area (Å²) in [6.07, 6.45) is 0. The number of benzene rings is 3. The third-order valence-corrected chi connectivity index (χ3v) is 3.16. The van der Waals surface area contributed by atoms with Gasteiger partial charge in [-0.2, -0.15) is 0 Å². The molecule has 0 aliphatic carbocycles. The van der Waals surface area contributed by atoms with Gasteiger partial charge in [0, 0.05) is 17.1 Å². The summed E-state index contributed by atoms with van der Waals surface area (Å²) in [7, 11) is 0. The van der Waals surface area contributed by atoms with E-state index < -0.39 is 0 Å². The molecule has 15 heteroatoms. The quantitative estimate of drug-likeness (QED) is 0.154. The Hall–Kier alpha value is -3.32. The van der Waals surface area contributed by atoms with Crippen LogP contribution in [0, 0.1) is 10.1 Å². The first-order valence-corrected chi connectivity index (χ1v) is 6.24. The van der Waals surface area contributed by atoms with Crippen LogP contribution in [0.1, 0.15) is 0 Å². The summed E-state index contributed by atoms with van der Waals surface area (Å²) in [6.45, 7) is 0. The van der Waals surface area contributed by atoms with E-state index in [0.717, 1.165) is 16.5 Å². The lowest BCUT2D eigenvalue weighted by molar-refractivity contribution is -0.383. The van der Waals surface area contributed by atoms with Gasteiger partial charge in [-0.25, -0.2) is 0 Å². The fourth-order valence-electron chi connectivity index (χ4n) is 2.22. The minimum Gasteiger partial charge on any atom is -0.349 e. The maximum absolute atomic E-state index is 11.0. The zero-order chi connectivity index (χ0) is 13.9. The molecule has 15 nitrogen and oxygen atoms in total. The molecule has 0 amide bonds. The molecule has 0 heterocycles. The Kier molecular flexibility index (Phi) is 45.0. The number of anilines is 2. The van der Waals surface area contributed by atoms with E-state index in [1.807, 2.05) is 42.5 Å². The maximum atomic E-state index is 11.0. The van der Waals surface area contributed by atoms with Crippen molar-refractivity contribution in [3.63, 3.8) is 0 Å². The summed E-state index contributed by atoms with van der Waals surface area (Å²) < 4.78 is 0. The highest BCUT2D eigenvalue weighted by Gasteiger charge is 2.12. The minimum atomic E-state index is -0.381. The molecule has 3 aromatic carbocycles. The lowest BCUT2D eigenvalue weighted by Gasteiger charge is -2.10. The summed E-state index contributed by atoms with van der Waals surface area (Å²) in [6, 6.07) is 20.4. The van der Waals surface area contributed by atoms with E-state index in [2.05, 4.69) is 5.32 Å². The van der Waals surface area contributed by atoms with Crippen LogP contribution in [0.4, 0.5) is 17.1 Å². The fourth-order valence-corrected chi connectivity index (χ4v) is 2.22.